The highest BCUT2D eigenvalue weighted by Gasteiger charge is 2.21. The lowest BCUT2D eigenvalue weighted by molar-refractivity contribution is -0.383. The van der Waals surface area contributed by atoms with Crippen molar-refractivity contribution in [3.05, 3.63) is 64.5 Å². The minimum absolute atomic E-state index is 0.0654. The highest BCUT2D eigenvalue weighted by atomic mass is 16.6. The summed E-state index contributed by atoms with van der Waals surface area (Å²) in [5, 5.41) is 19.0. The number of fused-ring (bicyclic) bond motifs is 1. The van der Waals surface area contributed by atoms with Crippen LogP contribution >= 0.6 is 0 Å². The van der Waals surface area contributed by atoms with Crippen LogP contribution in [0.1, 0.15) is 37.7 Å². The second-order valence-corrected chi connectivity index (χ2v) is 7.18. The van der Waals surface area contributed by atoms with Crippen molar-refractivity contribution in [1.29, 1.82) is 0 Å². The molecule has 28 heavy (non-hydrogen) atoms. The van der Waals surface area contributed by atoms with Crippen molar-refractivity contribution in [3.63, 3.8) is 0 Å². The Kier molecular flexibility index (Phi) is 5.32. The molecule has 0 spiro atoms. The number of nitro benzene ring substituents is 1. The topological polar surface area (TPSA) is 93.0 Å². The van der Waals surface area contributed by atoms with E-state index in [0.29, 0.717) is 29.0 Å². The maximum absolute atomic E-state index is 11.7. The molecule has 0 atom stereocenters. The minimum atomic E-state index is -0.335. The van der Waals surface area contributed by atoms with Gasteiger partial charge in [-0.25, -0.2) is 9.97 Å². The molecule has 1 aliphatic rings. The van der Waals surface area contributed by atoms with Gasteiger partial charge in [-0.15, -0.1) is 0 Å². The molecule has 0 radical (unpaired) electrons. The van der Waals surface area contributed by atoms with Crippen LogP contribution < -0.4 is 10.6 Å². The zero-order valence-electron chi connectivity index (χ0n) is 15.6. The maximum Gasteiger partial charge on any atom is 0.293 e. The molecule has 2 N–H and O–H groups in total. The SMILES string of the molecule is O=[N+]([O-])c1cc2c(NCc3ccccc3)ncnc2cc1NC1CCCCC1. The second kappa shape index (κ2) is 8.21. The van der Waals surface area contributed by atoms with Crippen LogP contribution in [0.3, 0.4) is 0 Å². The van der Waals surface area contributed by atoms with E-state index in [1.165, 1.54) is 12.7 Å². The number of benzene rings is 2. The number of rotatable bonds is 6. The molecule has 0 bridgehead atoms. The van der Waals surface area contributed by atoms with E-state index in [9.17, 15) is 10.1 Å². The number of hydrogen-bond donors (Lipinski definition) is 2. The molecule has 2 aromatic carbocycles. The van der Waals surface area contributed by atoms with Crippen LogP contribution in [0.2, 0.25) is 0 Å². The molecule has 4 rings (SSSR count). The Morgan fingerprint density at radius 3 is 2.61 bits per heavy atom. The Labute approximate surface area is 163 Å². The first kappa shape index (κ1) is 18.2. The summed E-state index contributed by atoms with van der Waals surface area (Å²) in [6, 6.07) is 13.6. The highest BCUT2D eigenvalue weighted by molar-refractivity contribution is 5.94. The maximum atomic E-state index is 11.7. The van der Waals surface area contributed by atoms with Gasteiger partial charge >= 0.3 is 0 Å². The Bertz CT molecular complexity index is 971. The molecular weight excluding hydrogens is 354 g/mol. The van der Waals surface area contributed by atoms with Crippen molar-refractivity contribution in [3.8, 4) is 0 Å². The average Bonchev–Trinajstić information content (AvgIpc) is 2.73. The molecular formula is C21H23N5O2. The summed E-state index contributed by atoms with van der Waals surface area (Å²) in [4.78, 5) is 20.0. The molecule has 0 amide bonds. The van der Waals surface area contributed by atoms with Crippen LogP contribution in [0.15, 0.2) is 48.8 Å². The van der Waals surface area contributed by atoms with E-state index in [1.54, 1.807) is 12.1 Å². The van der Waals surface area contributed by atoms with Gasteiger partial charge in [0.25, 0.3) is 5.69 Å². The molecule has 7 heteroatoms. The number of hydrogen-bond acceptors (Lipinski definition) is 6. The first-order valence-corrected chi connectivity index (χ1v) is 9.68. The van der Waals surface area contributed by atoms with Crippen molar-refractivity contribution >= 4 is 28.1 Å². The van der Waals surface area contributed by atoms with Crippen molar-refractivity contribution in [2.45, 2.75) is 44.7 Å². The quantitative estimate of drug-likeness (QED) is 0.469. The highest BCUT2D eigenvalue weighted by Crippen LogP contribution is 2.34. The van der Waals surface area contributed by atoms with Gasteiger partial charge in [0.05, 0.1) is 10.4 Å². The van der Waals surface area contributed by atoms with Crippen LogP contribution in [0.5, 0.6) is 0 Å². The van der Waals surface area contributed by atoms with Crippen LogP contribution in [-0.4, -0.2) is 20.9 Å². The van der Waals surface area contributed by atoms with Gasteiger partial charge in [-0.1, -0.05) is 49.6 Å². The van der Waals surface area contributed by atoms with Gasteiger partial charge < -0.3 is 10.6 Å². The standard InChI is InChI=1S/C21H23N5O2/c27-26(28)20-11-17-18(12-19(20)25-16-9-5-2-6-10-16)23-14-24-21(17)22-13-15-7-3-1-4-8-15/h1,3-4,7-8,11-12,14,16,25H,2,5-6,9-10,13H2,(H,22,23,24). The van der Waals surface area contributed by atoms with Crippen molar-refractivity contribution in [2.24, 2.45) is 0 Å². The van der Waals surface area contributed by atoms with E-state index in [4.69, 9.17) is 0 Å². The summed E-state index contributed by atoms with van der Waals surface area (Å²) in [6.45, 7) is 0.586. The van der Waals surface area contributed by atoms with E-state index < -0.39 is 0 Å². The monoisotopic (exact) mass is 377 g/mol. The Hall–Kier alpha value is -3.22. The van der Waals surface area contributed by atoms with Gasteiger partial charge in [-0.2, -0.15) is 0 Å². The molecule has 1 fully saturated rings. The second-order valence-electron chi connectivity index (χ2n) is 7.18. The van der Waals surface area contributed by atoms with Crippen molar-refractivity contribution < 1.29 is 4.92 Å². The third-order valence-corrected chi connectivity index (χ3v) is 5.22. The van der Waals surface area contributed by atoms with Gasteiger partial charge in [0.1, 0.15) is 17.8 Å². The van der Waals surface area contributed by atoms with Crippen LogP contribution in [-0.2, 0) is 6.54 Å². The number of anilines is 2. The van der Waals surface area contributed by atoms with Gasteiger partial charge in [-0.3, -0.25) is 10.1 Å². The molecule has 1 aliphatic carbocycles. The van der Waals surface area contributed by atoms with Gasteiger partial charge in [0.2, 0.25) is 0 Å². The predicted octanol–water partition coefficient (Wildman–Crippen LogP) is 4.89. The van der Waals surface area contributed by atoms with Gasteiger partial charge in [0.15, 0.2) is 0 Å². The zero-order valence-corrected chi connectivity index (χ0v) is 15.6. The molecule has 0 saturated heterocycles. The molecule has 0 aliphatic heterocycles. The van der Waals surface area contributed by atoms with Gasteiger partial charge in [-0.05, 0) is 24.5 Å². The molecule has 3 aromatic rings. The summed E-state index contributed by atoms with van der Waals surface area (Å²) in [6.07, 6.45) is 7.14. The normalized spacial score (nSPS) is 14.7. The number of nitro groups is 1. The van der Waals surface area contributed by atoms with Crippen LogP contribution in [0, 0.1) is 10.1 Å². The van der Waals surface area contributed by atoms with Crippen molar-refractivity contribution in [1.82, 2.24) is 9.97 Å². The predicted molar refractivity (Wildman–Crippen MR) is 110 cm³/mol. The lowest BCUT2D eigenvalue weighted by atomic mass is 9.95. The largest absolute Gasteiger partial charge is 0.377 e. The smallest absolute Gasteiger partial charge is 0.293 e. The number of nitrogens with one attached hydrogen (secondary N) is 2. The molecule has 144 valence electrons. The molecule has 1 heterocycles. The minimum Gasteiger partial charge on any atom is -0.377 e. The third kappa shape index (κ3) is 4.03. The number of aromatic nitrogens is 2. The lowest BCUT2D eigenvalue weighted by Crippen LogP contribution is -2.22. The van der Waals surface area contributed by atoms with Crippen LogP contribution in [0.25, 0.3) is 10.9 Å². The fourth-order valence-electron chi connectivity index (χ4n) is 3.75. The van der Waals surface area contributed by atoms with Crippen molar-refractivity contribution in [2.75, 3.05) is 10.6 Å². The number of nitrogens with zero attached hydrogens (tertiary/aromatic N) is 3. The lowest BCUT2D eigenvalue weighted by Gasteiger charge is -2.23. The Morgan fingerprint density at radius 2 is 1.86 bits per heavy atom. The molecule has 1 saturated carbocycles. The zero-order chi connectivity index (χ0) is 19.3. The average molecular weight is 377 g/mol. The molecule has 7 nitrogen and oxygen atoms in total. The molecule has 1 aromatic heterocycles. The first-order chi connectivity index (χ1) is 13.7. The van der Waals surface area contributed by atoms with E-state index >= 15 is 0 Å². The van der Waals surface area contributed by atoms with E-state index in [0.717, 1.165) is 31.2 Å². The fourth-order valence-corrected chi connectivity index (χ4v) is 3.75. The summed E-state index contributed by atoms with van der Waals surface area (Å²) >= 11 is 0. The third-order valence-electron chi connectivity index (χ3n) is 5.22. The van der Waals surface area contributed by atoms with E-state index in [-0.39, 0.29) is 16.7 Å². The Balaban J connectivity index is 1.65. The summed E-state index contributed by atoms with van der Waals surface area (Å²) in [5.74, 6) is 0.598. The van der Waals surface area contributed by atoms with E-state index in [2.05, 4.69) is 20.6 Å². The first-order valence-electron chi connectivity index (χ1n) is 9.68. The summed E-state index contributed by atoms with van der Waals surface area (Å²) in [7, 11) is 0. The van der Waals surface area contributed by atoms with Crippen LogP contribution in [0.4, 0.5) is 17.2 Å². The summed E-state index contributed by atoms with van der Waals surface area (Å²) < 4.78 is 0. The van der Waals surface area contributed by atoms with Gasteiger partial charge in [0, 0.05) is 24.0 Å². The molecule has 0 unspecified atom stereocenters. The fraction of sp³-hybridized carbons (Fsp3) is 0.333. The summed E-state index contributed by atoms with van der Waals surface area (Å²) in [5.41, 5.74) is 2.40. The Morgan fingerprint density at radius 1 is 1.07 bits per heavy atom. The van der Waals surface area contributed by atoms with E-state index in [1.807, 2.05) is 30.3 Å².